The van der Waals surface area contributed by atoms with Crippen molar-refractivity contribution < 1.29 is 21.1 Å². The second-order valence-corrected chi connectivity index (χ2v) is 14.6. The zero-order valence-electron chi connectivity index (χ0n) is 30.7. The maximum atomic E-state index is 5.17. The summed E-state index contributed by atoms with van der Waals surface area (Å²) >= 11 is 0. The largest absolute Gasteiger partial charge is 2.00 e. The van der Waals surface area contributed by atoms with E-state index >= 15 is 0 Å². The zero-order chi connectivity index (χ0) is 37.2. The Morgan fingerprint density at radius 1 is 0.345 bits per heavy atom. The number of imidazole rings is 4. The predicted molar refractivity (Wildman–Crippen MR) is 230 cm³/mol. The van der Waals surface area contributed by atoms with Crippen LogP contribution in [0.25, 0.3) is 106 Å². The summed E-state index contributed by atoms with van der Waals surface area (Å²) in [6.45, 7) is 0. The zero-order valence-corrected chi connectivity index (χ0v) is 33.0. The molecule has 0 bridgehead atoms. The molecule has 0 radical (unpaired) electrons. The maximum absolute atomic E-state index is 5.17. The molecule has 13 rings (SSSR count). The maximum Gasteiger partial charge on any atom is 2.00 e. The summed E-state index contributed by atoms with van der Waals surface area (Å²) < 4.78 is 11.3. The van der Waals surface area contributed by atoms with Crippen LogP contribution < -0.4 is 0 Å². The summed E-state index contributed by atoms with van der Waals surface area (Å²) in [4.78, 5) is 10.3. The molecule has 0 unspecified atom stereocenters. The fraction of sp³-hybridized carbons (Fsp3) is 0. The standard InChI is InChI=1S/C50H29N7.Pt/c1-2-13-32(14-3-1)33-25-28-41-38(29-33)37-27-26-36(55-45-22-9-11-24-47(45)57-43-20-7-5-18-40(43)52-50(55)57)31-48(37)53(41)34-15-12-16-35(30-34)54-44-21-8-10-23-46(44)56-42-19-6-4-17-39(42)51-49(54)56;/h1-29H;/q-2;+2. The van der Waals surface area contributed by atoms with Crippen molar-refractivity contribution in [3.63, 3.8) is 0 Å². The van der Waals surface area contributed by atoms with Crippen molar-refractivity contribution in [3.05, 3.63) is 188 Å². The van der Waals surface area contributed by atoms with Gasteiger partial charge in [0.05, 0.1) is 44.1 Å². The summed E-state index contributed by atoms with van der Waals surface area (Å²) in [5.41, 5.74) is 15.5. The molecule has 0 aliphatic rings. The van der Waals surface area contributed by atoms with Gasteiger partial charge >= 0.3 is 21.1 Å². The minimum atomic E-state index is 0. The molecule has 8 aromatic carbocycles. The van der Waals surface area contributed by atoms with E-state index in [2.05, 4.69) is 198 Å². The quantitative estimate of drug-likeness (QED) is 0.165. The van der Waals surface area contributed by atoms with Gasteiger partial charge in [0, 0.05) is 5.52 Å². The number of fused-ring (bicyclic) bond motifs is 13. The van der Waals surface area contributed by atoms with Crippen molar-refractivity contribution in [2.24, 2.45) is 0 Å². The minimum Gasteiger partial charge on any atom is -0.358 e. The average molecular weight is 923 g/mol. The van der Waals surface area contributed by atoms with Gasteiger partial charge in [0.1, 0.15) is 0 Å². The summed E-state index contributed by atoms with van der Waals surface area (Å²) in [5, 5.41) is 2.26. The van der Waals surface area contributed by atoms with Gasteiger partial charge in [-0.1, -0.05) is 114 Å². The molecule has 7 nitrogen and oxygen atoms in total. The Morgan fingerprint density at radius 3 is 1.48 bits per heavy atom. The van der Waals surface area contributed by atoms with Crippen LogP contribution in [0.2, 0.25) is 0 Å². The molecule has 0 aliphatic carbocycles. The number of rotatable bonds is 4. The van der Waals surface area contributed by atoms with Crippen molar-refractivity contribution >= 4 is 77.5 Å². The van der Waals surface area contributed by atoms with E-state index in [0.717, 1.165) is 94.6 Å². The van der Waals surface area contributed by atoms with E-state index in [1.165, 1.54) is 11.1 Å². The van der Waals surface area contributed by atoms with Crippen LogP contribution in [0.15, 0.2) is 176 Å². The Hall–Kier alpha value is -7.21. The summed E-state index contributed by atoms with van der Waals surface area (Å²) in [7, 11) is 0. The first-order valence-electron chi connectivity index (χ1n) is 19.1. The number of aromatic nitrogens is 7. The number of benzene rings is 8. The van der Waals surface area contributed by atoms with Gasteiger partial charge in [0.2, 0.25) is 11.6 Å². The molecule has 58 heavy (non-hydrogen) atoms. The SMILES string of the molecule is [Pt+2].[c-]1c(-n2c3[c-]c(-n4c5ccccc5n5c6ccccc6nc45)ccc3c3cc(-c4ccccc4)ccc32)cccc1-n1c2ccccc2n2c3ccccc3nc12. The van der Waals surface area contributed by atoms with E-state index in [4.69, 9.17) is 9.97 Å². The smallest absolute Gasteiger partial charge is 0.358 e. The third kappa shape index (κ3) is 4.53. The molecule has 0 aliphatic heterocycles. The van der Waals surface area contributed by atoms with Crippen LogP contribution in [0.1, 0.15) is 0 Å². The Morgan fingerprint density at radius 2 is 0.862 bits per heavy atom. The van der Waals surface area contributed by atoms with Crippen LogP contribution >= 0.6 is 0 Å². The van der Waals surface area contributed by atoms with Gasteiger partial charge in [-0.15, -0.1) is 35.7 Å². The molecular formula is C50H29N7Pt. The molecule has 0 fully saturated rings. The molecule has 0 amide bonds. The van der Waals surface area contributed by atoms with Crippen LogP contribution in [0, 0.1) is 12.1 Å². The summed E-state index contributed by atoms with van der Waals surface area (Å²) in [5.74, 6) is 1.70. The molecule has 0 N–H and O–H groups in total. The van der Waals surface area contributed by atoms with E-state index in [0.29, 0.717) is 0 Å². The van der Waals surface area contributed by atoms with Crippen LogP contribution in [0.5, 0.6) is 0 Å². The number of hydrogen-bond donors (Lipinski definition) is 0. The number of hydrogen-bond acceptors (Lipinski definition) is 2. The topological polar surface area (TPSA) is 49.4 Å². The first-order chi connectivity index (χ1) is 28.3. The molecule has 274 valence electrons. The molecule has 0 spiro atoms. The summed E-state index contributed by atoms with van der Waals surface area (Å²) in [6, 6.07) is 69.6. The molecule has 0 atom stereocenters. The van der Waals surface area contributed by atoms with Crippen LogP contribution in [-0.2, 0) is 21.1 Å². The van der Waals surface area contributed by atoms with Gasteiger partial charge in [-0.25, -0.2) is 9.97 Å². The van der Waals surface area contributed by atoms with Gasteiger partial charge in [0.25, 0.3) is 0 Å². The van der Waals surface area contributed by atoms with E-state index in [9.17, 15) is 0 Å². The first kappa shape index (κ1) is 33.0. The van der Waals surface area contributed by atoms with Gasteiger partial charge in [-0.3, -0.25) is 8.80 Å². The monoisotopic (exact) mass is 922 g/mol. The Bertz CT molecular complexity index is 3770. The fourth-order valence-electron chi connectivity index (χ4n) is 9.01. The normalized spacial score (nSPS) is 12.0. The van der Waals surface area contributed by atoms with E-state index in [1.807, 2.05) is 12.1 Å². The fourth-order valence-corrected chi connectivity index (χ4v) is 9.01. The van der Waals surface area contributed by atoms with E-state index in [-0.39, 0.29) is 21.1 Å². The number of nitrogens with zero attached hydrogens (tertiary/aromatic N) is 7. The van der Waals surface area contributed by atoms with Crippen LogP contribution in [0.3, 0.4) is 0 Å². The van der Waals surface area contributed by atoms with Crippen LogP contribution in [-0.4, -0.2) is 32.5 Å². The molecule has 5 aromatic heterocycles. The molecule has 8 heteroatoms. The van der Waals surface area contributed by atoms with Crippen LogP contribution in [0.4, 0.5) is 0 Å². The van der Waals surface area contributed by atoms with Crippen molar-refractivity contribution in [2.45, 2.75) is 0 Å². The first-order valence-corrected chi connectivity index (χ1v) is 19.1. The van der Waals surface area contributed by atoms with Gasteiger partial charge in [-0.05, 0) is 71.1 Å². The van der Waals surface area contributed by atoms with Gasteiger partial charge in [-0.2, -0.15) is 12.1 Å². The molecule has 0 saturated carbocycles. The molecule has 13 aromatic rings. The van der Waals surface area contributed by atoms with Crippen molar-refractivity contribution in [3.8, 4) is 28.2 Å². The third-order valence-corrected chi connectivity index (χ3v) is 11.5. The average Bonchev–Trinajstić information content (AvgIpc) is 4.06. The van der Waals surface area contributed by atoms with Gasteiger partial charge in [0.15, 0.2) is 0 Å². The molecular weight excluding hydrogens is 894 g/mol. The second-order valence-electron chi connectivity index (χ2n) is 14.6. The predicted octanol–water partition coefficient (Wildman–Crippen LogP) is 11.5. The summed E-state index contributed by atoms with van der Waals surface area (Å²) in [6.07, 6.45) is 0. The number of para-hydroxylation sites is 8. The van der Waals surface area contributed by atoms with Crippen molar-refractivity contribution in [2.75, 3.05) is 0 Å². The van der Waals surface area contributed by atoms with Crippen molar-refractivity contribution in [1.29, 1.82) is 0 Å². The molecule has 5 heterocycles. The van der Waals surface area contributed by atoms with E-state index < -0.39 is 0 Å². The van der Waals surface area contributed by atoms with Gasteiger partial charge < -0.3 is 13.7 Å². The van der Waals surface area contributed by atoms with Crippen molar-refractivity contribution in [1.82, 2.24) is 32.5 Å². The Labute approximate surface area is 345 Å². The Kier molecular flexibility index (Phi) is 7.05. The minimum absolute atomic E-state index is 0. The third-order valence-electron chi connectivity index (χ3n) is 11.5. The molecule has 0 saturated heterocycles. The Balaban J connectivity index is 0.00000366. The van der Waals surface area contributed by atoms with E-state index in [1.54, 1.807) is 0 Å². The second kappa shape index (κ2) is 12.4.